The fourth-order valence-corrected chi connectivity index (χ4v) is 8.05. The molecule has 1 nitrogen and oxygen atoms in total. The molecule has 0 aliphatic carbocycles. The van der Waals surface area contributed by atoms with Gasteiger partial charge in [-0.3, -0.25) is 0 Å². The molecule has 51 heavy (non-hydrogen) atoms. The minimum atomic E-state index is -0.443. The van der Waals surface area contributed by atoms with Crippen LogP contribution < -0.4 is 0 Å². The van der Waals surface area contributed by atoms with Gasteiger partial charge in [-0.2, -0.15) is 0 Å². The van der Waals surface area contributed by atoms with Crippen LogP contribution in [0.15, 0.2) is 186 Å². The predicted octanol–water partition coefficient (Wildman–Crippen LogP) is 14.4. The highest BCUT2D eigenvalue weighted by Crippen LogP contribution is 2.50. The second kappa shape index (κ2) is 10.9. The van der Waals surface area contributed by atoms with Crippen molar-refractivity contribution in [3.8, 4) is 33.4 Å². The summed E-state index contributed by atoms with van der Waals surface area (Å²) < 4.78 is 81.2. The summed E-state index contributed by atoms with van der Waals surface area (Å²) in [5.41, 5.74) is 4.49. The van der Waals surface area contributed by atoms with Crippen LogP contribution in [0.4, 0.5) is 0 Å². The van der Waals surface area contributed by atoms with Crippen LogP contribution in [0.25, 0.3) is 109 Å². The Bertz CT molecular complexity index is 3580. The number of rotatable bonds is 3. The van der Waals surface area contributed by atoms with E-state index in [2.05, 4.69) is 12.1 Å². The van der Waals surface area contributed by atoms with E-state index >= 15 is 0 Å². The van der Waals surface area contributed by atoms with E-state index in [0.29, 0.717) is 39.0 Å². The summed E-state index contributed by atoms with van der Waals surface area (Å²) in [5, 5.41) is 8.09. The summed E-state index contributed by atoms with van der Waals surface area (Å²) >= 11 is 0. The molecule has 11 aromatic rings. The summed E-state index contributed by atoms with van der Waals surface area (Å²) in [7, 11) is 0. The maximum atomic E-state index is 9.66. The SMILES string of the molecule is [2H]c1c([2H])c([2H])c2c(-c3c(-c4cccc5c4oc4ccc6ccccc6c45)ccc4ccccc34)c3c([2H])c([2H])c([2H])c([2H])c3c(-c3ccc4ccccc4c3)c2c1[2H]. The van der Waals surface area contributed by atoms with Gasteiger partial charge in [0, 0.05) is 16.3 Å². The first kappa shape index (κ1) is 21.4. The summed E-state index contributed by atoms with van der Waals surface area (Å²) in [5.74, 6) is 0. The van der Waals surface area contributed by atoms with Crippen molar-refractivity contribution in [1.82, 2.24) is 0 Å². The highest BCUT2D eigenvalue weighted by atomic mass is 16.3. The van der Waals surface area contributed by atoms with Gasteiger partial charge in [0.15, 0.2) is 0 Å². The van der Waals surface area contributed by atoms with E-state index in [1.165, 1.54) is 0 Å². The quantitative estimate of drug-likeness (QED) is 0.173. The van der Waals surface area contributed by atoms with E-state index < -0.39 is 24.2 Å². The van der Waals surface area contributed by atoms with Crippen LogP contribution in [-0.4, -0.2) is 0 Å². The van der Waals surface area contributed by atoms with Gasteiger partial charge in [0.05, 0.1) is 11.0 Å². The van der Waals surface area contributed by atoms with Crippen LogP contribution in [0.5, 0.6) is 0 Å². The van der Waals surface area contributed by atoms with E-state index in [4.69, 9.17) is 9.90 Å². The molecule has 0 radical (unpaired) electrons. The van der Waals surface area contributed by atoms with Gasteiger partial charge in [0.25, 0.3) is 0 Å². The van der Waals surface area contributed by atoms with Gasteiger partial charge in [-0.25, -0.2) is 0 Å². The molecule has 0 N–H and O–H groups in total. The molecule has 0 aliphatic rings. The van der Waals surface area contributed by atoms with Crippen molar-refractivity contribution >= 4 is 75.8 Å². The molecule has 0 saturated heterocycles. The van der Waals surface area contributed by atoms with E-state index in [0.717, 1.165) is 48.7 Å². The van der Waals surface area contributed by atoms with Gasteiger partial charge in [0.2, 0.25) is 0 Å². The molecule has 0 spiro atoms. The highest BCUT2D eigenvalue weighted by molar-refractivity contribution is 6.27. The zero-order chi connectivity index (χ0) is 40.4. The highest BCUT2D eigenvalue weighted by Gasteiger charge is 2.23. The van der Waals surface area contributed by atoms with Gasteiger partial charge in [-0.15, -0.1) is 0 Å². The van der Waals surface area contributed by atoms with Crippen molar-refractivity contribution in [2.75, 3.05) is 0 Å². The standard InChI is InChI=1S/C50H30O/c1-2-15-34-30-35(25-24-31(34)12-1)46-38-18-7-9-20-40(38)49(41-21-10-8-19-39(41)46)48-37-17-6-4-13-32(37)26-28-42(48)43-22-11-23-44-47-36-16-5-3-14-33(36)27-29-45(47)51-50(43)44/h1-30H/i7D,8D,9D,10D,18D,19D,20D,21D. The molecule has 0 bridgehead atoms. The Hall–Kier alpha value is -6.70. The van der Waals surface area contributed by atoms with E-state index in [-0.39, 0.29) is 45.7 Å². The number of hydrogen-bond acceptors (Lipinski definition) is 1. The molecule has 0 atom stereocenters. The topological polar surface area (TPSA) is 13.1 Å². The largest absolute Gasteiger partial charge is 0.455 e. The molecule has 0 aliphatic heterocycles. The molecule has 1 aromatic heterocycles. The monoisotopic (exact) mass is 654 g/mol. The summed E-state index contributed by atoms with van der Waals surface area (Å²) in [6.45, 7) is 0. The number of furan rings is 1. The lowest BCUT2D eigenvalue weighted by atomic mass is 9.81. The first-order chi connectivity index (χ1) is 28.6. The fraction of sp³-hybridized carbons (Fsp3) is 0. The zero-order valence-electron chi connectivity index (χ0n) is 35.1. The molecule has 1 heteroatoms. The minimum absolute atomic E-state index is 0.164. The number of para-hydroxylation sites is 1. The maximum absolute atomic E-state index is 9.66. The van der Waals surface area contributed by atoms with Crippen molar-refractivity contribution in [2.24, 2.45) is 0 Å². The third-order valence-corrected chi connectivity index (χ3v) is 10.3. The lowest BCUT2D eigenvalue weighted by molar-refractivity contribution is 0.670. The van der Waals surface area contributed by atoms with Crippen molar-refractivity contribution in [1.29, 1.82) is 0 Å². The van der Waals surface area contributed by atoms with Gasteiger partial charge < -0.3 is 4.42 Å². The van der Waals surface area contributed by atoms with E-state index in [1.807, 2.05) is 121 Å². The van der Waals surface area contributed by atoms with E-state index in [9.17, 15) is 5.48 Å². The molecule has 11 rings (SSSR count). The Morgan fingerprint density at radius 3 is 1.69 bits per heavy atom. The fourth-order valence-electron chi connectivity index (χ4n) is 8.05. The molecule has 0 unspecified atom stereocenters. The third kappa shape index (κ3) is 4.16. The lowest BCUT2D eigenvalue weighted by Crippen LogP contribution is -1.94. The van der Waals surface area contributed by atoms with Crippen LogP contribution in [0.1, 0.15) is 11.0 Å². The lowest BCUT2D eigenvalue weighted by Gasteiger charge is -2.21. The van der Waals surface area contributed by atoms with Crippen molar-refractivity contribution in [3.63, 3.8) is 0 Å². The van der Waals surface area contributed by atoms with E-state index in [1.54, 1.807) is 0 Å². The van der Waals surface area contributed by atoms with Gasteiger partial charge in [0.1, 0.15) is 11.2 Å². The second-order valence-electron chi connectivity index (χ2n) is 13.0. The Morgan fingerprint density at radius 1 is 0.373 bits per heavy atom. The summed E-state index contributed by atoms with van der Waals surface area (Å²) in [6, 6.07) is 40.4. The number of benzene rings is 10. The average molecular weight is 655 g/mol. The van der Waals surface area contributed by atoms with Crippen LogP contribution >= 0.6 is 0 Å². The Morgan fingerprint density at radius 2 is 0.941 bits per heavy atom. The second-order valence-corrected chi connectivity index (χ2v) is 13.0. The van der Waals surface area contributed by atoms with Crippen LogP contribution in [-0.2, 0) is 0 Å². The number of hydrogen-bond donors (Lipinski definition) is 0. The van der Waals surface area contributed by atoms with Gasteiger partial charge in [-0.05, 0) is 93.8 Å². The predicted molar refractivity (Wildman–Crippen MR) is 218 cm³/mol. The van der Waals surface area contributed by atoms with Gasteiger partial charge in [-0.1, -0.05) is 170 Å². The first-order valence-electron chi connectivity index (χ1n) is 20.9. The van der Waals surface area contributed by atoms with Crippen molar-refractivity contribution < 1.29 is 15.4 Å². The molecule has 0 fully saturated rings. The van der Waals surface area contributed by atoms with Crippen LogP contribution in [0.2, 0.25) is 0 Å². The van der Waals surface area contributed by atoms with Crippen molar-refractivity contribution in [3.05, 3.63) is 182 Å². The third-order valence-electron chi connectivity index (χ3n) is 10.3. The van der Waals surface area contributed by atoms with Gasteiger partial charge >= 0.3 is 0 Å². The van der Waals surface area contributed by atoms with Crippen LogP contribution in [0, 0.1) is 0 Å². The summed E-state index contributed by atoms with van der Waals surface area (Å²) in [6.07, 6.45) is 0. The molecule has 10 aromatic carbocycles. The Balaban J connectivity index is 1.39. The molecule has 0 saturated carbocycles. The molecular weight excluding hydrogens is 617 g/mol. The van der Waals surface area contributed by atoms with Crippen molar-refractivity contribution in [2.45, 2.75) is 0 Å². The number of fused-ring (bicyclic) bond motifs is 9. The molecule has 0 amide bonds. The Kier molecular flexibility index (Phi) is 4.57. The normalized spacial score (nSPS) is 14.1. The smallest absolute Gasteiger partial charge is 0.143 e. The zero-order valence-corrected chi connectivity index (χ0v) is 27.1. The average Bonchev–Trinajstić information content (AvgIpc) is 3.67. The molecule has 1 heterocycles. The first-order valence-corrected chi connectivity index (χ1v) is 16.9. The van der Waals surface area contributed by atoms with Crippen LogP contribution in [0.3, 0.4) is 0 Å². The minimum Gasteiger partial charge on any atom is -0.455 e. The summed E-state index contributed by atoms with van der Waals surface area (Å²) in [4.78, 5) is 0. The molecule has 236 valence electrons. The Labute approximate surface area is 305 Å². The molecular formula is C50H30O. The maximum Gasteiger partial charge on any atom is 0.143 e.